The highest BCUT2D eigenvalue weighted by atomic mass is 79.9. The summed E-state index contributed by atoms with van der Waals surface area (Å²) < 4.78 is 1.12. The van der Waals surface area contributed by atoms with E-state index in [-0.39, 0.29) is 0 Å². The first-order chi connectivity index (χ1) is 7.33. The molecule has 0 atom stereocenters. The van der Waals surface area contributed by atoms with Crippen molar-refractivity contribution in [3.8, 4) is 0 Å². The lowest BCUT2D eigenvalue weighted by atomic mass is 10.2. The van der Waals surface area contributed by atoms with Crippen LogP contribution in [0, 0.1) is 0 Å². The molecule has 0 spiro atoms. The number of fused-ring (bicyclic) bond motifs is 1. The Kier molecular flexibility index (Phi) is 2.29. The van der Waals surface area contributed by atoms with Crippen LogP contribution in [-0.4, -0.2) is 11.0 Å². The molecule has 0 aliphatic heterocycles. The molecule has 2 nitrogen and oxygen atoms in total. The number of aromatic amines is 1. The van der Waals surface area contributed by atoms with E-state index < -0.39 is 0 Å². The normalized spacial score (nSPS) is 16.1. The zero-order valence-electron chi connectivity index (χ0n) is 8.39. The van der Waals surface area contributed by atoms with Crippen LogP contribution in [0.3, 0.4) is 0 Å². The SMILES string of the molecule is Brc1ccc2c(CNC3CC3)c[nH]c2c1. The highest BCUT2D eigenvalue weighted by Gasteiger charge is 2.20. The van der Waals surface area contributed by atoms with E-state index in [1.54, 1.807) is 0 Å². The Morgan fingerprint density at radius 1 is 1.40 bits per heavy atom. The summed E-state index contributed by atoms with van der Waals surface area (Å²) in [4.78, 5) is 3.30. The Hall–Kier alpha value is -0.800. The van der Waals surface area contributed by atoms with E-state index in [1.807, 2.05) is 0 Å². The number of hydrogen-bond donors (Lipinski definition) is 2. The van der Waals surface area contributed by atoms with Crippen molar-refractivity contribution in [2.75, 3.05) is 0 Å². The van der Waals surface area contributed by atoms with E-state index in [9.17, 15) is 0 Å². The molecule has 2 N–H and O–H groups in total. The predicted octanol–water partition coefficient (Wildman–Crippen LogP) is 3.18. The summed E-state index contributed by atoms with van der Waals surface area (Å²) in [5.41, 5.74) is 2.57. The summed E-state index contributed by atoms with van der Waals surface area (Å²) in [5.74, 6) is 0. The number of hydrogen-bond acceptors (Lipinski definition) is 1. The third kappa shape index (κ3) is 1.94. The monoisotopic (exact) mass is 264 g/mol. The van der Waals surface area contributed by atoms with Gasteiger partial charge in [-0.05, 0) is 30.5 Å². The Labute approximate surface area is 97.2 Å². The van der Waals surface area contributed by atoms with Gasteiger partial charge in [0, 0.05) is 34.2 Å². The van der Waals surface area contributed by atoms with Crippen LogP contribution in [0.15, 0.2) is 28.9 Å². The molecule has 0 radical (unpaired) electrons. The summed E-state index contributed by atoms with van der Waals surface area (Å²) in [6.45, 7) is 0.978. The van der Waals surface area contributed by atoms with E-state index >= 15 is 0 Å². The molecular formula is C12H13BrN2. The van der Waals surface area contributed by atoms with E-state index in [1.165, 1.54) is 29.3 Å². The summed E-state index contributed by atoms with van der Waals surface area (Å²) in [7, 11) is 0. The van der Waals surface area contributed by atoms with Crippen LogP contribution in [0.25, 0.3) is 10.9 Å². The lowest BCUT2D eigenvalue weighted by molar-refractivity contribution is 0.691. The van der Waals surface area contributed by atoms with Crippen molar-refractivity contribution in [1.29, 1.82) is 0 Å². The van der Waals surface area contributed by atoms with E-state index in [4.69, 9.17) is 0 Å². The predicted molar refractivity (Wildman–Crippen MR) is 65.9 cm³/mol. The van der Waals surface area contributed by atoms with Crippen LogP contribution in [0.5, 0.6) is 0 Å². The first-order valence-electron chi connectivity index (χ1n) is 5.32. The van der Waals surface area contributed by atoms with Crippen LogP contribution >= 0.6 is 15.9 Å². The minimum atomic E-state index is 0.769. The first kappa shape index (κ1) is 9.43. The first-order valence-corrected chi connectivity index (χ1v) is 6.11. The standard InChI is InChI=1S/C12H13BrN2/c13-9-1-4-11-8(6-14-10-2-3-10)7-15-12(11)5-9/h1,4-5,7,10,14-15H,2-3,6H2. The van der Waals surface area contributed by atoms with E-state index in [0.717, 1.165) is 17.1 Å². The fourth-order valence-electron chi connectivity index (χ4n) is 1.85. The Morgan fingerprint density at radius 2 is 2.27 bits per heavy atom. The second-order valence-corrected chi connectivity index (χ2v) is 5.07. The maximum atomic E-state index is 3.53. The molecule has 1 heterocycles. The lowest BCUT2D eigenvalue weighted by Crippen LogP contribution is -2.14. The molecule has 0 saturated heterocycles. The second kappa shape index (κ2) is 3.65. The molecule has 1 aromatic carbocycles. The molecule has 1 aromatic heterocycles. The highest BCUT2D eigenvalue weighted by Crippen LogP contribution is 2.24. The van der Waals surface area contributed by atoms with Crippen molar-refractivity contribution in [2.24, 2.45) is 0 Å². The number of aromatic nitrogens is 1. The molecular weight excluding hydrogens is 252 g/mol. The quantitative estimate of drug-likeness (QED) is 0.876. The van der Waals surface area contributed by atoms with E-state index in [0.29, 0.717) is 0 Å². The van der Waals surface area contributed by atoms with Crippen molar-refractivity contribution >= 4 is 26.8 Å². The average Bonchev–Trinajstić information content (AvgIpc) is 2.97. The number of nitrogens with one attached hydrogen (secondary N) is 2. The van der Waals surface area contributed by atoms with Gasteiger partial charge < -0.3 is 10.3 Å². The number of halogens is 1. The third-order valence-corrected chi connectivity index (χ3v) is 3.38. The Balaban J connectivity index is 1.89. The van der Waals surface area contributed by atoms with Crippen LogP contribution in [0.2, 0.25) is 0 Å². The smallest absolute Gasteiger partial charge is 0.0468 e. The van der Waals surface area contributed by atoms with Gasteiger partial charge >= 0.3 is 0 Å². The van der Waals surface area contributed by atoms with Gasteiger partial charge in [0.15, 0.2) is 0 Å². The molecule has 3 rings (SSSR count). The van der Waals surface area contributed by atoms with Gasteiger partial charge in [-0.3, -0.25) is 0 Å². The van der Waals surface area contributed by atoms with Gasteiger partial charge in [-0.2, -0.15) is 0 Å². The van der Waals surface area contributed by atoms with Crippen LogP contribution < -0.4 is 5.32 Å². The highest BCUT2D eigenvalue weighted by molar-refractivity contribution is 9.10. The Bertz CT molecular complexity index is 485. The van der Waals surface area contributed by atoms with Crippen molar-refractivity contribution in [3.63, 3.8) is 0 Å². The molecule has 15 heavy (non-hydrogen) atoms. The molecule has 0 amide bonds. The van der Waals surface area contributed by atoms with Gasteiger partial charge in [-0.1, -0.05) is 22.0 Å². The molecule has 0 bridgehead atoms. The second-order valence-electron chi connectivity index (χ2n) is 4.16. The number of H-pyrrole nitrogens is 1. The average molecular weight is 265 g/mol. The van der Waals surface area contributed by atoms with Gasteiger partial charge in [0.1, 0.15) is 0 Å². The minimum absolute atomic E-state index is 0.769. The van der Waals surface area contributed by atoms with Gasteiger partial charge in [0.2, 0.25) is 0 Å². The van der Waals surface area contributed by atoms with Gasteiger partial charge in [-0.15, -0.1) is 0 Å². The fraction of sp³-hybridized carbons (Fsp3) is 0.333. The summed E-state index contributed by atoms with van der Waals surface area (Å²) >= 11 is 3.48. The topological polar surface area (TPSA) is 27.8 Å². The summed E-state index contributed by atoms with van der Waals surface area (Å²) in [6.07, 6.45) is 4.79. The summed E-state index contributed by atoms with van der Waals surface area (Å²) in [5, 5.41) is 4.86. The van der Waals surface area contributed by atoms with Crippen LogP contribution in [0.1, 0.15) is 18.4 Å². The number of rotatable bonds is 3. The zero-order valence-corrected chi connectivity index (χ0v) is 9.97. The molecule has 0 unspecified atom stereocenters. The Morgan fingerprint density at radius 3 is 3.07 bits per heavy atom. The van der Waals surface area contributed by atoms with Gasteiger partial charge in [-0.25, -0.2) is 0 Å². The van der Waals surface area contributed by atoms with Gasteiger partial charge in [0.25, 0.3) is 0 Å². The fourth-order valence-corrected chi connectivity index (χ4v) is 2.21. The van der Waals surface area contributed by atoms with E-state index in [2.05, 4.69) is 50.6 Å². The third-order valence-electron chi connectivity index (χ3n) is 2.89. The lowest BCUT2D eigenvalue weighted by Gasteiger charge is -2.00. The minimum Gasteiger partial charge on any atom is -0.361 e. The molecule has 1 saturated carbocycles. The largest absolute Gasteiger partial charge is 0.361 e. The maximum Gasteiger partial charge on any atom is 0.0468 e. The van der Waals surface area contributed by atoms with Crippen LogP contribution in [0.4, 0.5) is 0 Å². The molecule has 1 aliphatic carbocycles. The van der Waals surface area contributed by atoms with Crippen molar-refractivity contribution in [2.45, 2.75) is 25.4 Å². The van der Waals surface area contributed by atoms with Gasteiger partial charge in [0.05, 0.1) is 0 Å². The zero-order chi connectivity index (χ0) is 10.3. The molecule has 3 heteroatoms. The maximum absolute atomic E-state index is 3.53. The van der Waals surface area contributed by atoms with Crippen molar-refractivity contribution in [3.05, 3.63) is 34.4 Å². The van der Waals surface area contributed by atoms with Crippen molar-refractivity contribution < 1.29 is 0 Å². The molecule has 2 aromatic rings. The summed E-state index contributed by atoms with van der Waals surface area (Å²) in [6, 6.07) is 7.15. The van der Waals surface area contributed by atoms with Crippen molar-refractivity contribution in [1.82, 2.24) is 10.3 Å². The molecule has 1 aliphatic rings. The van der Waals surface area contributed by atoms with Crippen LogP contribution in [-0.2, 0) is 6.54 Å². The number of benzene rings is 1. The molecule has 78 valence electrons. The molecule has 1 fully saturated rings.